The summed E-state index contributed by atoms with van der Waals surface area (Å²) < 4.78 is 18.5. The van der Waals surface area contributed by atoms with Gasteiger partial charge in [-0.15, -0.1) is 11.3 Å². The number of fused-ring (bicyclic) bond motifs is 12. The second kappa shape index (κ2) is 14.1. The fourth-order valence-electron chi connectivity index (χ4n) is 10.4. The summed E-state index contributed by atoms with van der Waals surface area (Å²) in [6.07, 6.45) is 0. The first-order valence-corrected chi connectivity index (χ1v) is 22.8. The molecule has 0 aliphatic heterocycles. The number of nitrogens with zero attached hydrogens (tertiary/aromatic N) is 2. The number of aromatic nitrogens is 1. The maximum absolute atomic E-state index is 7.08. The Bertz CT molecular complexity index is 4150. The Kier molecular flexibility index (Phi) is 7.82. The number of rotatable bonds is 6. The van der Waals surface area contributed by atoms with Crippen molar-refractivity contribution in [2.24, 2.45) is 0 Å². The van der Waals surface area contributed by atoms with Gasteiger partial charge in [0, 0.05) is 64.6 Å². The summed E-state index contributed by atoms with van der Waals surface area (Å²) in [5.74, 6) is 0. The van der Waals surface area contributed by atoms with E-state index in [0.29, 0.717) is 0 Å². The molecule has 4 heterocycles. The average Bonchev–Trinajstić information content (AvgIpc) is 4.14. The van der Waals surface area contributed by atoms with E-state index in [1.54, 1.807) is 0 Å². The molecule has 14 aromatic rings. The lowest BCUT2D eigenvalue weighted by molar-refractivity contribution is 0.669. The third-order valence-electron chi connectivity index (χ3n) is 13.2. The van der Waals surface area contributed by atoms with Crippen molar-refractivity contribution in [2.75, 3.05) is 4.90 Å². The van der Waals surface area contributed by atoms with Gasteiger partial charge in [0.05, 0.1) is 38.4 Å². The molecule has 0 aliphatic rings. The van der Waals surface area contributed by atoms with Crippen LogP contribution in [-0.2, 0) is 0 Å². The Morgan fingerprint density at radius 2 is 0.923 bits per heavy atom. The Morgan fingerprint density at radius 3 is 1.68 bits per heavy atom. The van der Waals surface area contributed by atoms with Gasteiger partial charge in [0.25, 0.3) is 0 Å². The molecule has 0 saturated heterocycles. The molecule has 0 amide bonds. The highest BCUT2D eigenvalue weighted by molar-refractivity contribution is 7.26. The van der Waals surface area contributed by atoms with Crippen LogP contribution in [0.25, 0.3) is 114 Å². The molecule has 4 nitrogen and oxygen atoms in total. The van der Waals surface area contributed by atoms with Crippen LogP contribution >= 0.6 is 11.3 Å². The van der Waals surface area contributed by atoms with Crippen LogP contribution in [0.15, 0.2) is 227 Å². The second-order valence-corrected chi connectivity index (χ2v) is 17.8. The third kappa shape index (κ3) is 5.37. The quantitative estimate of drug-likeness (QED) is 0.167. The van der Waals surface area contributed by atoms with Gasteiger partial charge in [-0.2, -0.15) is 0 Å². The topological polar surface area (TPSA) is 34.5 Å². The minimum atomic E-state index is 0.846. The first-order valence-electron chi connectivity index (χ1n) is 22.0. The van der Waals surface area contributed by atoms with Crippen molar-refractivity contribution >= 4 is 114 Å². The summed E-state index contributed by atoms with van der Waals surface area (Å²) >= 11 is 1.84. The van der Waals surface area contributed by atoms with Gasteiger partial charge in [0.1, 0.15) is 22.3 Å². The van der Waals surface area contributed by atoms with Crippen LogP contribution in [0.1, 0.15) is 0 Å². The van der Waals surface area contributed by atoms with Crippen LogP contribution in [0.5, 0.6) is 0 Å². The summed E-state index contributed by atoms with van der Waals surface area (Å²) in [7, 11) is 0. The number of para-hydroxylation sites is 6. The van der Waals surface area contributed by atoms with E-state index in [0.717, 1.165) is 99.9 Å². The monoisotopic (exact) mass is 848 g/mol. The molecule has 10 aromatic carbocycles. The van der Waals surface area contributed by atoms with Gasteiger partial charge in [-0.05, 0) is 72.3 Å². The van der Waals surface area contributed by atoms with Crippen molar-refractivity contribution in [1.82, 2.24) is 4.57 Å². The molecular formula is C60H36N2O2S. The minimum Gasteiger partial charge on any atom is -0.455 e. The van der Waals surface area contributed by atoms with Gasteiger partial charge in [-0.3, -0.25) is 0 Å². The van der Waals surface area contributed by atoms with Crippen molar-refractivity contribution in [3.05, 3.63) is 218 Å². The highest BCUT2D eigenvalue weighted by Crippen LogP contribution is 2.52. The van der Waals surface area contributed by atoms with Crippen molar-refractivity contribution < 1.29 is 8.83 Å². The molecule has 0 unspecified atom stereocenters. The maximum atomic E-state index is 7.08. The van der Waals surface area contributed by atoms with Gasteiger partial charge in [-0.1, -0.05) is 152 Å². The first-order chi connectivity index (χ1) is 32.3. The minimum absolute atomic E-state index is 0.846. The summed E-state index contributed by atoms with van der Waals surface area (Å²) in [5, 5.41) is 9.33. The number of anilines is 3. The smallest absolute Gasteiger partial charge is 0.145 e. The average molecular weight is 849 g/mol. The van der Waals surface area contributed by atoms with Crippen molar-refractivity contribution in [3.63, 3.8) is 0 Å². The zero-order valence-corrected chi connectivity index (χ0v) is 35.7. The largest absolute Gasteiger partial charge is 0.455 e. The van der Waals surface area contributed by atoms with Crippen LogP contribution in [0, 0.1) is 0 Å². The molecule has 0 fully saturated rings. The Labute approximate surface area is 377 Å². The molecule has 0 aliphatic carbocycles. The summed E-state index contributed by atoms with van der Waals surface area (Å²) in [6, 6.07) is 78.4. The van der Waals surface area contributed by atoms with E-state index >= 15 is 0 Å². The SMILES string of the molecule is c1ccc(-n2c3ccccc3c3ccccc32)c(-c2c(N(c3ccc(-c4cccc5c4oc4ccccc45)cc3)c3cccc4c3sc3ccccc34)ccc3c2oc2ccccc23)c1. The highest BCUT2D eigenvalue weighted by Gasteiger charge is 2.27. The molecule has 5 heteroatoms. The third-order valence-corrected chi connectivity index (χ3v) is 14.4. The van der Waals surface area contributed by atoms with Gasteiger partial charge in [-0.25, -0.2) is 0 Å². The fourth-order valence-corrected chi connectivity index (χ4v) is 11.6. The number of benzene rings is 10. The molecule has 0 radical (unpaired) electrons. The van der Waals surface area contributed by atoms with Gasteiger partial charge in [0.2, 0.25) is 0 Å². The Hall–Kier alpha value is -8.38. The van der Waals surface area contributed by atoms with Crippen LogP contribution in [0.2, 0.25) is 0 Å². The molecule has 304 valence electrons. The van der Waals surface area contributed by atoms with Crippen LogP contribution in [0.4, 0.5) is 17.1 Å². The molecule has 0 bridgehead atoms. The van der Waals surface area contributed by atoms with Crippen molar-refractivity contribution in [1.29, 1.82) is 0 Å². The van der Waals surface area contributed by atoms with E-state index < -0.39 is 0 Å². The summed E-state index contributed by atoms with van der Waals surface area (Å²) in [4.78, 5) is 2.45. The number of hydrogen-bond acceptors (Lipinski definition) is 4. The molecule has 4 aromatic heterocycles. The van der Waals surface area contributed by atoms with E-state index in [-0.39, 0.29) is 0 Å². The van der Waals surface area contributed by atoms with Crippen LogP contribution in [-0.4, -0.2) is 4.57 Å². The van der Waals surface area contributed by atoms with Gasteiger partial charge < -0.3 is 18.3 Å². The predicted molar refractivity (Wildman–Crippen MR) is 274 cm³/mol. The van der Waals surface area contributed by atoms with Crippen LogP contribution < -0.4 is 4.90 Å². The van der Waals surface area contributed by atoms with E-state index in [2.05, 4.69) is 216 Å². The highest BCUT2D eigenvalue weighted by atomic mass is 32.1. The molecule has 0 spiro atoms. The Morgan fingerprint density at radius 1 is 0.369 bits per heavy atom. The van der Waals surface area contributed by atoms with E-state index in [1.165, 1.54) is 30.9 Å². The van der Waals surface area contributed by atoms with Crippen molar-refractivity contribution in [3.8, 4) is 27.9 Å². The molecule has 14 rings (SSSR count). The first kappa shape index (κ1) is 36.1. The predicted octanol–water partition coefficient (Wildman–Crippen LogP) is 17.8. The lowest BCUT2D eigenvalue weighted by Crippen LogP contribution is -2.12. The maximum Gasteiger partial charge on any atom is 0.145 e. The lowest BCUT2D eigenvalue weighted by atomic mass is 9.96. The van der Waals surface area contributed by atoms with Gasteiger partial charge in [0.15, 0.2) is 0 Å². The molecule has 0 saturated carbocycles. The van der Waals surface area contributed by atoms with E-state index in [4.69, 9.17) is 8.83 Å². The van der Waals surface area contributed by atoms with Gasteiger partial charge >= 0.3 is 0 Å². The summed E-state index contributed by atoms with van der Waals surface area (Å²) in [5.41, 5.74) is 14.3. The zero-order chi connectivity index (χ0) is 42.6. The van der Waals surface area contributed by atoms with Crippen molar-refractivity contribution in [2.45, 2.75) is 0 Å². The van der Waals surface area contributed by atoms with E-state index in [1.807, 2.05) is 23.5 Å². The van der Waals surface area contributed by atoms with E-state index in [9.17, 15) is 0 Å². The normalized spacial score (nSPS) is 12.0. The fraction of sp³-hybridized carbons (Fsp3) is 0. The Balaban J connectivity index is 1.07. The van der Waals surface area contributed by atoms with Crippen LogP contribution in [0.3, 0.4) is 0 Å². The standard InChI is InChI=1S/C60H36N2O2S/c1-7-24-49-40(15-1)41-16-2-8-25-50(41)62(49)51-26-9-3-20-48(51)57-52(36-35-46-43-18-5-11-29-55(43)64-59(46)57)61(53-27-14-23-47-44-19-6-12-30-56(44)65-60(47)53)38-33-31-37(32-34-38)39-21-13-22-45-42-17-4-10-28-54(42)63-58(39)45/h1-36H. The number of thiophene rings is 1. The molecule has 0 atom stereocenters. The number of furan rings is 2. The molecule has 0 N–H and O–H groups in total. The molecular weight excluding hydrogens is 813 g/mol. The number of hydrogen-bond donors (Lipinski definition) is 0. The lowest BCUT2D eigenvalue weighted by Gasteiger charge is -2.29. The summed E-state index contributed by atoms with van der Waals surface area (Å²) in [6.45, 7) is 0. The second-order valence-electron chi connectivity index (χ2n) is 16.7. The zero-order valence-electron chi connectivity index (χ0n) is 34.9. The molecule has 65 heavy (non-hydrogen) atoms.